The van der Waals surface area contributed by atoms with Crippen molar-refractivity contribution in [2.45, 2.75) is 0 Å². The first-order valence-electron chi connectivity index (χ1n) is 11.2. The normalized spacial score (nSPS) is 11.1. The molecule has 0 spiro atoms. The summed E-state index contributed by atoms with van der Waals surface area (Å²) in [6.07, 6.45) is 0. The Morgan fingerprint density at radius 1 is 0.405 bits per heavy atom. The third-order valence-corrected chi connectivity index (χ3v) is 5.15. The van der Waals surface area contributed by atoms with Crippen molar-refractivity contribution in [1.29, 1.82) is 0 Å². The van der Waals surface area contributed by atoms with Crippen LogP contribution in [0, 0.1) is 5.41 Å². The molecule has 0 aliphatic carbocycles. The number of esters is 4. The average molecular weight is 609 g/mol. The van der Waals surface area contributed by atoms with E-state index in [-0.39, 0.29) is 102 Å². The highest BCUT2D eigenvalue weighted by Crippen LogP contribution is 2.21. The minimum absolute atomic E-state index is 0.0249. The van der Waals surface area contributed by atoms with Crippen LogP contribution in [0.15, 0.2) is 0 Å². The molecule has 0 radical (unpaired) electrons. The van der Waals surface area contributed by atoms with Crippen LogP contribution in [0.3, 0.4) is 0 Å². The topological polar surface area (TPSA) is 142 Å². The maximum Gasteiger partial charge on any atom is 0.315 e. The van der Waals surface area contributed by atoms with Crippen LogP contribution in [0.25, 0.3) is 0 Å². The molecule has 16 heteroatoms. The third-order valence-electron chi connectivity index (χ3n) is 4.11. The van der Waals surface area contributed by atoms with Crippen molar-refractivity contribution in [2.24, 2.45) is 5.41 Å². The molecule has 0 saturated carbocycles. The van der Waals surface area contributed by atoms with E-state index in [9.17, 15) is 19.2 Å². The summed E-state index contributed by atoms with van der Waals surface area (Å²) in [7, 11) is 0. The fourth-order valence-electron chi connectivity index (χ4n) is 2.44. The quantitative estimate of drug-likeness (QED) is 0.0505. The summed E-state index contributed by atoms with van der Waals surface area (Å²) in [4.78, 5) is 45.0. The number of rotatable bonds is 24. The predicted molar refractivity (Wildman–Crippen MR) is 145 cm³/mol. The summed E-state index contributed by atoms with van der Waals surface area (Å²) in [5, 5.41) is 0. The van der Waals surface area contributed by atoms with Crippen LogP contribution in [0.4, 0.5) is 0 Å². The van der Waals surface area contributed by atoms with E-state index in [0.29, 0.717) is 0 Å². The first-order chi connectivity index (χ1) is 17.8. The lowest BCUT2D eigenvalue weighted by Crippen LogP contribution is -2.43. The molecule has 0 aromatic heterocycles. The molecular formula is C21H36O12S4. The molecule has 0 aliphatic rings. The first-order valence-corrected chi connectivity index (χ1v) is 13.7. The van der Waals surface area contributed by atoms with E-state index in [1.54, 1.807) is 0 Å². The van der Waals surface area contributed by atoms with Crippen LogP contribution in [0.1, 0.15) is 0 Å². The van der Waals surface area contributed by atoms with Gasteiger partial charge in [0.15, 0.2) is 0 Å². The zero-order chi connectivity index (χ0) is 27.8. The van der Waals surface area contributed by atoms with Gasteiger partial charge in [0.05, 0.1) is 81.3 Å². The van der Waals surface area contributed by atoms with Crippen molar-refractivity contribution in [1.82, 2.24) is 0 Å². The fourth-order valence-corrected chi connectivity index (χ4v) is 2.81. The molecule has 0 atom stereocenters. The number of carbonyl (C=O) groups excluding carboxylic acids is 4. The van der Waals surface area contributed by atoms with Crippen LogP contribution in [0.5, 0.6) is 0 Å². The van der Waals surface area contributed by atoms with Gasteiger partial charge in [0.1, 0.15) is 26.4 Å². The lowest BCUT2D eigenvalue weighted by molar-refractivity contribution is -0.148. The smallest absolute Gasteiger partial charge is 0.315 e. The van der Waals surface area contributed by atoms with E-state index in [4.69, 9.17) is 37.9 Å². The number of thiol groups is 4. The first kappa shape index (κ1) is 36.1. The largest absolute Gasteiger partial charge is 0.463 e. The molecule has 12 nitrogen and oxygen atoms in total. The Balaban J connectivity index is 5.05. The third kappa shape index (κ3) is 20.7. The van der Waals surface area contributed by atoms with Crippen molar-refractivity contribution in [3.8, 4) is 0 Å². The van der Waals surface area contributed by atoms with Crippen LogP contribution < -0.4 is 0 Å². The van der Waals surface area contributed by atoms with E-state index in [0.717, 1.165) is 0 Å². The van der Waals surface area contributed by atoms with Gasteiger partial charge >= 0.3 is 23.9 Å². The minimum atomic E-state index is -0.859. The Bertz CT molecular complexity index is 544. The van der Waals surface area contributed by atoms with Gasteiger partial charge in [0.25, 0.3) is 0 Å². The highest BCUT2D eigenvalue weighted by molar-refractivity contribution is 7.81. The van der Waals surface area contributed by atoms with Gasteiger partial charge in [-0.3, -0.25) is 19.2 Å². The minimum Gasteiger partial charge on any atom is -0.463 e. The second-order valence-electron chi connectivity index (χ2n) is 7.22. The molecule has 0 bridgehead atoms. The van der Waals surface area contributed by atoms with Gasteiger partial charge in [0.2, 0.25) is 0 Å². The highest BCUT2D eigenvalue weighted by atomic mass is 32.1. The Morgan fingerprint density at radius 2 is 0.622 bits per heavy atom. The molecular weight excluding hydrogens is 572 g/mol. The van der Waals surface area contributed by atoms with E-state index in [1.165, 1.54) is 0 Å². The van der Waals surface area contributed by atoms with Crippen molar-refractivity contribution < 1.29 is 57.1 Å². The molecule has 0 unspecified atom stereocenters. The molecule has 0 heterocycles. The number of carbonyl (C=O) groups is 4. The maximum absolute atomic E-state index is 11.3. The molecule has 0 aromatic carbocycles. The van der Waals surface area contributed by atoms with Crippen LogP contribution in [-0.4, -0.2) is 126 Å². The molecule has 0 aliphatic heterocycles. The standard InChI is InChI=1S/C21H36O12S4/c22-17(9-34)30-5-1-26-13-21(14-27-2-6-31-18(23)10-35,15-28-3-7-32-19(24)11-36)16-29-4-8-33-20(25)12-37/h34-37H,1-16H2. The maximum atomic E-state index is 11.3. The van der Waals surface area contributed by atoms with Crippen LogP contribution in [-0.2, 0) is 57.1 Å². The summed E-state index contributed by atoms with van der Waals surface area (Å²) in [5.41, 5.74) is -0.859. The van der Waals surface area contributed by atoms with Gasteiger partial charge in [-0.15, -0.1) is 0 Å². The highest BCUT2D eigenvalue weighted by Gasteiger charge is 2.33. The van der Waals surface area contributed by atoms with Crippen LogP contribution >= 0.6 is 50.5 Å². The molecule has 0 aromatic rings. The van der Waals surface area contributed by atoms with Crippen LogP contribution in [0.2, 0.25) is 0 Å². The van der Waals surface area contributed by atoms with E-state index in [1.807, 2.05) is 0 Å². The van der Waals surface area contributed by atoms with Gasteiger partial charge in [-0.1, -0.05) is 0 Å². The lowest BCUT2D eigenvalue weighted by Gasteiger charge is -2.33. The molecule has 0 saturated heterocycles. The molecule has 0 N–H and O–H groups in total. The van der Waals surface area contributed by atoms with E-state index in [2.05, 4.69) is 50.5 Å². The lowest BCUT2D eigenvalue weighted by atomic mass is 9.92. The summed E-state index contributed by atoms with van der Waals surface area (Å²) in [6.45, 7) is 0.801. The average Bonchev–Trinajstić information content (AvgIpc) is 2.91. The van der Waals surface area contributed by atoms with Gasteiger partial charge in [-0.2, -0.15) is 50.5 Å². The molecule has 0 rings (SSSR count). The summed E-state index contributed by atoms with van der Waals surface area (Å²) < 4.78 is 42.6. The SMILES string of the molecule is O=C(CS)OCCOCC(COCCOC(=O)CS)(COCCOC(=O)CS)COCCOC(=O)CS. The van der Waals surface area contributed by atoms with Crippen molar-refractivity contribution >= 4 is 74.4 Å². The molecule has 0 amide bonds. The molecule has 0 fully saturated rings. The number of hydrogen-bond acceptors (Lipinski definition) is 16. The Kier molecular flexibility index (Phi) is 23.6. The zero-order valence-corrected chi connectivity index (χ0v) is 24.1. The molecule has 37 heavy (non-hydrogen) atoms. The van der Waals surface area contributed by atoms with Gasteiger partial charge in [0, 0.05) is 0 Å². The summed E-state index contributed by atoms with van der Waals surface area (Å²) in [6, 6.07) is 0. The van der Waals surface area contributed by atoms with E-state index >= 15 is 0 Å². The second kappa shape index (κ2) is 24.2. The predicted octanol–water partition coefficient (Wildman–Crippen LogP) is -0.0688. The summed E-state index contributed by atoms with van der Waals surface area (Å²) in [5.74, 6) is -2.10. The Hall–Kier alpha value is -0.880. The van der Waals surface area contributed by atoms with Crippen molar-refractivity contribution in [2.75, 3.05) is 102 Å². The summed E-state index contributed by atoms with van der Waals surface area (Å²) >= 11 is 15.4. The Morgan fingerprint density at radius 3 is 0.811 bits per heavy atom. The number of ether oxygens (including phenoxy) is 8. The van der Waals surface area contributed by atoms with Crippen molar-refractivity contribution in [3.05, 3.63) is 0 Å². The monoisotopic (exact) mass is 608 g/mol. The number of hydrogen-bond donors (Lipinski definition) is 4. The zero-order valence-electron chi connectivity index (χ0n) is 20.5. The Labute approximate surface area is 238 Å². The van der Waals surface area contributed by atoms with Crippen molar-refractivity contribution in [3.63, 3.8) is 0 Å². The van der Waals surface area contributed by atoms with Gasteiger partial charge < -0.3 is 37.9 Å². The molecule has 216 valence electrons. The second-order valence-corrected chi connectivity index (χ2v) is 8.49. The van der Waals surface area contributed by atoms with Gasteiger partial charge in [-0.25, -0.2) is 0 Å². The van der Waals surface area contributed by atoms with Gasteiger partial charge in [-0.05, 0) is 0 Å². The fraction of sp³-hybridized carbons (Fsp3) is 0.810. The van der Waals surface area contributed by atoms with E-state index < -0.39 is 29.3 Å².